The number of hydrogen-bond acceptors (Lipinski definition) is 5. The van der Waals surface area contributed by atoms with Crippen molar-refractivity contribution in [3.63, 3.8) is 0 Å². The molecule has 1 N–H and O–H groups in total. The summed E-state index contributed by atoms with van der Waals surface area (Å²) >= 11 is 5.62. The van der Waals surface area contributed by atoms with E-state index in [0.29, 0.717) is 16.4 Å². The fraction of sp³-hybridized carbons (Fsp3) is 0.261. The van der Waals surface area contributed by atoms with Crippen molar-refractivity contribution in [3.05, 3.63) is 77.8 Å². The summed E-state index contributed by atoms with van der Waals surface area (Å²) in [5.41, 5.74) is 2.19. The van der Waals surface area contributed by atoms with Gasteiger partial charge in [0.1, 0.15) is 17.6 Å². The third-order valence-electron chi connectivity index (χ3n) is 5.18. The minimum absolute atomic E-state index is 0.124. The number of furan rings is 1. The monoisotopic (exact) mass is 421 g/mol. The van der Waals surface area contributed by atoms with Gasteiger partial charge in [0.15, 0.2) is 5.11 Å². The van der Waals surface area contributed by atoms with Crippen molar-refractivity contribution >= 4 is 23.3 Å². The molecule has 0 unspecified atom stereocenters. The van der Waals surface area contributed by atoms with Crippen molar-refractivity contribution < 1.29 is 13.9 Å². The highest BCUT2D eigenvalue weighted by atomic mass is 32.1. The first-order valence-corrected chi connectivity index (χ1v) is 10.2. The molecule has 7 heteroatoms. The minimum atomic E-state index is -0.379. The van der Waals surface area contributed by atoms with E-state index in [1.807, 2.05) is 42.5 Å². The van der Waals surface area contributed by atoms with E-state index in [0.717, 1.165) is 17.0 Å². The van der Waals surface area contributed by atoms with Crippen molar-refractivity contribution in [2.75, 3.05) is 7.11 Å². The van der Waals surface area contributed by atoms with Crippen LogP contribution in [0.5, 0.6) is 0 Å². The predicted molar refractivity (Wildman–Crippen MR) is 118 cm³/mol. The molecule has 154 valence electrons. The summed E-state index contributed by atoms with van der Waals surface area (Å²) < 4.78 is 11.1. The number of aromatic nitrogens is 1. The molecule has 0 amide bonds. The van der Waals surface area contributed by atoms with Crippen LogP contribution in [0.4, 0.5) is 0 Å². The van der Waals surface area contributed by atoms with Gasteiger partial charge in [0.2, 0.25) is 0 Å². The largest absolute Gasteiger partial charge is 0.465 e. The van der Waals surface area contributed by atoms with Gasteiger partial charge in [-0.25, -0.2) is 4.79 Å². The third-order valence-corrected chi connectivity index (χ3v) is 5.51. The average molecular weight is 422 g/mol. The fourth-order valence-corrected chi connectivity index (χ4v) is 4.26. The Hall–Kier alpha value is -3.19. The Labute approximate surface area is 180 Å². The number of nitrogens with zero attached hydrogens (tertiary/aromatic N) is 2. The molecule has 0 saturated carbocycles. The second-order valence-electron chi connectivity index (χ2n) is 7.40. The molecule has 0 radical (unpaired) electrons. The normalized spacial score (nSPS) is 18.5. The van der Waals surface area contributed by atoms with Crippen LogP contribution in [0.25, 0.3) is 11.3 Å². The Morgan fingerprint density at radius 2 is 2.03 bits per heavy atom. The molecule has 3 heterocycles. The van der Waals surface area contributed by atoms with Crippen LogP contribution in [0.15, 0.2) is 65.2 Å². The lowest BCUT2D eigenvalue weighted by molar-refractivity contribution is 0.0601. The lowest BCUT2D eigenvalue weighted by Gasteiger charge is -2.29. The van der Waals surface area contributed by atoms with E-state index >= 15 is 0 Å². The van der Waals surface area contributed by atoms with E-state index in [4.69, 9.17) is 21.4 Å². The van der Waals surface area contributed by atoms with Gasteiger partial charge in [-0.2, -0.15) is 0 Å². The summed E-state index contributed by atoms with van der Waals surface area (Å²) in [7, 11) is 1.37. The zero-order chi connectivity index (χ0) is 21.3. The standard InChI is InChI=1S/C23H23N3O3S/c1-14(2)26-21(20(25-23(26)30)17-9-4-5-12-24-17)19-11-10-18(29-19)15-7-6-8-16(13-15)22(27)28-3/h4-14,20-21H,1-3H3,(H,25,30)/t20-,21+/m1/s1. The molecule has 6 nitrogen and oxygen atoms in total. The molecule has 1 fully saturated rings. The second kappa shape index (κ2) is 8.28. The molecule has 2 atom stereocenters. The van der Waals surface area contributed by atoms with Crippen LogP contribution in [0.1, 0.15) is 47.7 Å². The maximum atomic E-state index is 11.9. The van der Waals surface area contributed by atoms with Gasteiger partial charge in [-0.15, -0.1) is 0 Å². The van der Waals surface area contributed by atoms with E-state index in [9.17, 15) is 4.79 Å². The molecule has 30 heavy (non-hydrogen) atoms. The molecule has 1 aromatic carbocycles. The molecule has 0 aliphatic carbocycles. The molecule has 0 spiro atoms. The first-order valence-electron chi connectivity index (χ1n) is 9.78. The number of carbonyl (C=O) groups excluding carboxylic acids is 1. The number of benzene rings is 1. The van der Waals surface area contributed by atoms with Gasteiger partial charge in [-0.05, 0) is 62.5 Å². The van der Waals surface area contributed by atoms with Crippen molar-refractivity contribution in [1.82, 2.24) is 15.2 Å². The van der Waals surface area contributed by atoms with Gasteiger partial charge in [0, 0.05) is 17.8 Å². The number of hydrogen-bond donors (Lipinski definition) is 1. The SMILES string of the molecule is COC(=O)c1cccc(-c2ccc([C@H]3[C@@H](c4ccccn4)NC(=S)N3C(C)C)o2)c1. The summed E-state index contributed by atoms with van der Waals surface area (Å²) in [6.45, 7) is 4.21. The minimum Gasteiger partial charge on any atom is -0.465 e. The maximum Gasteiger partial charge on any atom is 0.337 e. The summed E-state index contributed by atoms with van der Waals surface area (Å²) in [6.07, 6.45) is 1.78. The highest BCUT2D eigenvalue weighted by Gasteiger charge is 2.42. The number of thiocarbonyl (C=S) groups is 1. The van der Waals surface area contributed by atoms with Gasteiger partial charge in [-0.1, -0.05) is 18.2 Å². The summed E-state index contributed by atoms with van der Waals surface area (Å²) in [4.78, 5) is 18.5. The quantitative estimate of drug-likeness (QED) is 0.480. The number of methoxy groups -OCH3 is 1. The van der Waals surface area contributed by atoms with Gasteiger partial charge < -0.3 is 19.4 Å². The molecular formula is C23H23N3O3S. The Bertz CT molecular complexity index is 1060. The highest BCUT2D eigenvalue weighted by molar-refractivity contribution is 7.80. The maximum absolute atomic E-state index is 11.9. The van der Waals surface area contributed by atoms with Gasteiger partial charge in [0.25, 0.3) is 0 Å². The number of pyridine rings is 1. The Kier molecular flexibility index (Phi) is 5.55. The van der Waals surface area contributed by atoms with E-state index in [1.54, 1.807) is 18.3 Å². The summed E-state index contributed by atoms with van der Waals surface area (Å²) in [5.74, 6) is 1.08. The van der Waals surface area contributed by atoms with Gasteiger partial charge >= 0.3 is 5.97 Å². The smallest absolute Gasteiger partial charge is 0.337 e. The van der Waals surface area contributed by atoms with E-state index in [-0.39, 0.29) is 24.1 Å². The van der Waals surface area contributed by atoms with Crippen LogP contribution in [-0.4, -0.2) is 34.1 Å². The Morgan fingerprint density at radius 1 is 1.20 bits per heavy atom. The van der Waals surface area contributed by atoms with Crippen molar-refractivity contribution in [1.29, 1.82) is 0 Å². The van der Waals surface area contributed by atoms with E-state index in [2.05, 4.69) is 29.0 Å². The number of rotatable bonds is 5. The Morgan fingerprint density at radius 3 is 2.73 bits per heavy atom. The topological polar surface area (TPSA) is 67.6 Å². The Balaban J connectivity index is 1.72. The molecular weight excluding hydrogens is 398 g/mol. The fourth-order valence-electron chi connectivity index (χ4n) is 3.81. The van der Waals surface area contributed by atoms with Crippen LogP contribution in [0, 0.1) is 0 Å². The third kappa shape index (κ3) is 3.68. The summed E-state index contributed by atoms with van der Waals surface area (Å²) in [5, 5.41) is 4.08. The number of ether oxygens (including phenoxy) is 1. The predicted octanol–water partition coefficient (Wildman–Crippen LogP) is 4.51. The van der Waals surface area contributed by atoms with Crippen molar-refractivity contribution in [3.8, 4) is 11.3 Å². The highest BCUT2D eigenvalue weighted by Crippen LogP contribution is 2.41. The molecule has 1 aliphatic heterocycles. The number of carbonyl (C=O) groups is 1. The van der Waals surface area contributed by atoms with Crippen LogP contribution < -0.4 is 5.32 Å². The molecule has 4 rings (SSSR count). The molecule has 1 aliphatic rings. The zero-order valence-corrected chi connectivity index (χ0v) is 17.8. The van der Waals surface area contributed by atoms with Gasteiger partial charge in [0.05, 0.1) is 24.4 Å². The van der Waals surface area contributed by atoms with Gasteiger partial charge in [-0.3, -0.25) is 4.98 Å². The van der Waals surface area contributed by atoms with E-state index < -0.39 is 0 Å². The first-order chi connectivity index (χ1) is 14.5. The van der Waals surface area contributed by atoms with E-state index in [1.165, 1.54) is 7.11 Å². The summed E-state index contributed by atoms with van der Waals surface area (Å²) in [6, 6.07) is 16.9. The number of esters is 1. The van der Waals surface area contributed by atoms with Crippen molar-refractivity contribution in [2.45, 2.75) is 32.0 Å². The van der Waals surface area contributed by atoms with Crippen LogP contribution in [0.2, 0.25) is 0 Å². The zero-order valence-electron chi connectivity index (χ0n) is 17.0. The lowest BCUT2D eigenvalue weighted by atomic mass is 10.0. The molecule has 2 aromatic heterocycles. The van der Waals surface area contributed by atoms with Crippen LogP contribution >= 0.6 is 12.2 Å². The van der Waals surface area contributed by atoms with Crippen molar-refractivity contribution in [2.24, 2.45) is 0 Å². The van der Waals surface area contributed by atoms with Crippen LogP contribution in [0.3, 0.4) is 0 Å². The molecule has 0 bridgehead atoms. The lowest BCUT2D eigenvalue weighted by Crippen LogP contribution is -2.35. The van der Waals surface area contributed by atoms with Crippen LogP contribution in [-0.2, 0) is 4.74 Å². The molecule has 3 aromatic rings. The average Bonchev–Trinajstić information content (AvgIpc) is 3.38. The second-order valence-corrected chi connectivity index (χ2v) is 7.79. The molecule has 1 saturated heterocycles. The first kappa shape index (κ1) is 20.1. The number of nitrogens with one attached hydrogen (secondary N) is 1.